The number of nitrogens with two attached hydrogens (primary N) is 1. The van der Waals surface area contributed by atoms with Crippen LogP contribution in [0.15, 0.2) is 0 Å². The van der Waals surface area contributed by atoms with Crippen LogP contribution in [0.4, 0.5) is 0 Å². The van der Waals surface area contributed by atoms with Crippen molar-refractivity contribution in [3.05, 3.63) is 0 Å². The summed E-state index contributed by atoms with van der Waals surface area (Å²) >= 11 is 0. The van der Waals surface area contributed by atoms with Gasteiger partial charge in [-0.25, -0.2) is 0 Å². The van der Waals surface area contributed by atoms with Crippen molar-refractivity contribution >= 4 is 5.91 Å². The van der Waals surface area contributed by atoms with E-state index in [0.29, 0.717) is 5.92 Å². The Kier molecular flexibility index (Phi) is 4.31. The fraction of sp³-hybridized carbons (Fsp3) is 0.933. The van der Waals surface area contributed by atoms with Gasteiger partial charge in [0.15, 0.2) is 0 Å². The average molecular weight is 252 g/mol. The van der Waals surface area contributed by atoms with Gasteiger partial charge in [0.05, 0.1) is 5.54 Å². The molecule has 3 heteroatoms. The zero-order valence-corrected chi connectivity index (χ0v) is 11.9. The normalized spacial score (nSPS) is 31.7. The summed E-state index contributed by atoms with van der Waals surface area (Å²) in [5.41, 5.74) is 5.46. The lowest BCUT2D eigenvalue weighted by Crippen LogP contribution is -2.53. The molecule has 1 amide bonds. The number of carbonyl (C=O) groups excluding carboxylic acids is 1. The van der Waals surface area contributed by atoms with Crippen molar-refractivity contribution in [2.45, 2.75) is 64.3 Å². The molecule has 3 nitrogen and oxygen atoms in total. The summed E-state index contributed by atoms with van der Waals surface area (Å²) in [6.45, 7) is 5.02. The van der Waals surface area contributed by atoms with Crippen LogP contribution in [0.25, 0.3) is 0 Å². The average Bonchev–Trinajstić information content (AvgIpc) is 3.13. The summed E-state index contributed by atoms with van der Waals surface area (Å²) in [4.78, 5) is 12.0. The minimum absolute atomic E-state index is 0.0499. The van der Waals surface area contributed by atoms with Crippen molar-refractivity contribution in [2.24, 2.45) is 23.5 Å². The molecule has 0 bridgehead atoms. The first-order valence-electron chi connectivity index (χ1n) is 7.57. The lowest BCUT2D eigenvalue weighted by molar-refractivity contribution is -0.126. The standard InChI is InChI=1S/C15H28N2O/c1-11-4-3-5-12(10-11)8-9-17-14(18)15(2,16)13-6-7-13/h11-13H,3-10,16H2,1-2H3,(H,17,18). The summed E-state index contributed by atoms with van der Waals surface area (Å²) in [6, 6.07) is 0. The highest BCUT2D eigenvalue weighted by Crippen LogP contribution is 2.38. The summed E-state index contributed by atoms with van der Waals surface area (Å²) in [5, 5.41) is 3.04. The molecule has 0 aromatic heterocycles. The SMILES string of the molecule is CC1CCCC(CCNC(=O)C(C)(N)C2CC2)C1. The van der Waals surface area contributed by atoms with Crippen molar-refractivity contribution in [2.75, 3.05) is 6.54 Å². The van der Waals surface area contributed by atoms with Gasteiger partial charge in [-0.1, -0.05) is 26.2 Å². The van der Waals surface area contributed by atoms with E-state index in [1.807, 2.05) is 6.92 Å². The Morgan fingerprint density at radius 2 is 2.06 bits per heavy atom. The van der Waals surface area contributed by atoms with Crippen molar-refractivity contribution in [3.8, 4) is 0 Å². The fourth-order valence-electron chi connectivity index (χ4n) is 3.27. The fourth-order valence-corrected chi connectivity index (χ4v) is 3.27. The van der Waals surface area contributed by atoms with E-state index in [1.165, 1.54) is 25.7 Å². The topological polar surface area (TPSA) is 55.1 Å². The molecule has 2 rings (SSSR count). The second-order valence-corrected chi connectivity index (χ2v) is 6.74. The largest absolute Gasteiger partial charge is 0.354 e. The van der Waals surface area contributed by atoms with Gasteiger partial charge < -0.3 is 11.1 Å². The third kappa shape index (κ3) is 3.47. The summed E-state index contributed by atoms with van der Waals surface area (Å²) < 4.78 is 0. The molecule has 3 unspecified atom stereocenters. The summed E-state index contributed by atoms with van der Waals surface area (Å²) in [7, 11) is 0. The minimum Gasteiger partial charge on any atom is -0.354 e. The summed E-state index contributed by atoms with van der Waals surface area (Å²) in [6.07, 6.45) is 8.75. The van der Waals surface area contributed by atoms with Gasteiger partial charge in [0.1, 0.15) is 0 Å². The highest BCUT2D eigenvalue weighted by molar-refractivity contribution is 5.86. The maximum Gasteiger partial charge on any atom is 0.240 e. The molecule has 0 radical (unpaired) electrons. The maximum absolute atomic E-state index is 12.0. The quantitative estimate of drug-likeness (QED) is 0.789. The molecular weight excluding hydrogens is 224 g/mol. The van der Waals surface area contributed by atoms with Crippen molar-refractivity contribution in [3.63, 3.8) is 0 Å². The highest BCUT2D eigenvalue weighted by atomic mass is 16.2. The monoisotopic (exact) mass is 252 g/mol. The Hall–Kier alpha value is -0.570. The lowest BCUT2D eigenvalue weighted by Gasteiger charge is -2.28. The van der Waals surface area contributed by atoms with E-state index in [2.05, 4.69) is 12.2 Å². The van der Waals surface area contributed by atoms with Crippen molar-refractivity contribution in [1.29, 1.82) is 0 Å². The van der Waals surface area contributed by atoms with E-state index >= 15 is 0 Å². The smallest absolute Gasteiger partial charge is 0.240 e. The highest BCUT2D eigenvalue weighted by Gasteiger charge is 2.43. The minimum atomic E-state index is -0.639. The predicted molar refractivity (Wildman–Crippen MR) is 74.1 cm³/mol. The van der Waals surface area contributed by atoms with Gasteiger partial charge in [-0.15, -0.1) is 0 Å². The Labute approximate surface area is 111 Å². The van der Waals surface area contributed by atoms with Crippen LogP contribution in [0.3, 0.4) is 0 Å². The van der Waals surface area contributed by atoms with Gasteiger partial charge in [-0.2, -0.15) is 0 Å². The molecule has 2 saturated carbocycles. The van der Waals surface area contributed by atoms with Crippen LogP contribution in [0, 0.1) is 17.8 Å². The second kappa shape index (κ2) is 5.60. The van der Waals surface area contributed by atoms with Gasteiger partial charge in [-0.3, -0.25) is 4.79 Å². The number of rotatable bonds is 5. The Bertz CT molecular complexity index is 297. The molecule has 2 aliphatic rings. The van der Waals surface area contributed by atoms with Crippen molar-refractivity contribution < 1.29 is 4.79 Å². The van der Waals surface area contributed by atoms with E-state index in [1.54, 1.807) is 0 Å². The molecule has 104 valence electrons. The Morgan fingerprint density at radius 1 is 1.33 bits per heavy atom. The van der Waals surface area contributed by atoms with Crippen LogP contribution < -0.4 is 11.1 Å². The van der Waals surface area contributed by atoms with E-state index in [0.717, 1.165) is 37.6 Å². The van der Waals surface area contributed by atoms with Crippen LogP contribution in [-0.4, -0.2) is 18.0 Å². The first-order chi connectivity index (χ1) is 8.50. The van der Waals surface area contributed by atoms with E-state index in [-0.39, 0.29) is 5.91 Å². The van der Waals surface area contributed by atoms with Gasteiger partial charge in [0, 0.05) is 6.54 Å². The number of hydrogen-bond acceptors (Lipinski definition) is 2. The second-order valence-electron chi connectivity index (χ2n) is 6.74. The zero-order valence-electron chi connectivity index (χ0n) is 11.9. The molecule has 3 atom stereocenters. The van der Waals surface area contributed by atoms with Gasteiger partial charge in [0.2, 0.25) is 5.91 Å². The Morgan fingerprint density at radius 3 is 2.67 bits per heavy atom. The van der Waals surface area contributed by atoms with E-state index in [4.69, 9.17) is 5.73 Å². The summed E-state index contributed by atoms with van der Waals surface area (Å²) in [5.74, 6) is 2.13. The van der Waals surface area contributed by atoms with E-state index in [9.17, 15) is 4.79 Å². The number of amides is 1. The maximum atomic E-state index is 12.0. The molecule has 0 heterocycles. The van der Waals surface area contributed by atoms with Gasteiger partial charge >= 0.3 is 0 Å². The molecule has 0 aliphatic heterocycles. The molecular formula is C15H28N2O. The van der Waals surface area contributed by atoms with Crippen LogP contribution in [-0.2, 0) is 4.79 Å². The number of nitrogens with one attached hydrogen (secondary N) is 1. The molecule has 0 spiro atoms. The molecule has 0 aromatic rings. The first kappa shape index (κ1) is 13.9. The predicted octanol–water partition coefficient (Wildman–Crippen LogP) is 2.45. The van der Waals surface area contributed by atoms with Gasteiger partial charge in [0.25, 0.3) is 0 Å². The molecule has 3 N–H and O–H groups in total. The van der Waals surface area contributed by atoms with Crippen LogP contribution in [0.1, 0.15) is 58.8 Å². The van der Waals surface area contributed by atoms with Crippen LogP contribution >= 0.6 is 0 Å². The molecule has 0 saturated heterocycles. The number of hydrogen-bond donors (Lipinski definition) is 2. The first-order valence-corrected chi connectivity index (χ1v) is 7.57. The van der Waals surface area contributed by atoms with Crippen LogP contribution in [0.2, 0.25) is 0 Å². The third-order valence-corrected chi connectivity index (χ3v) is 4.80. The molecule has 2 aliphatic carbocycles. The van der Waals surface area contributed by atoms with Crippen LogP contribution in [0.5, 0.6) is 0 Å². The molecule has 2 fully saturated rings. The van der Waals surface area contributed by atoms with Crippen molar-refractivity contribution in [1.82, 2.24) is 5.32 Å². The zero-order chi connectivity index (χ0) is 13.2. The molecule has 0 aromatic carbocycles. The Balaban J connectivity index is 1.67. The number of carbonyl (C=O) groups is 1. The van der Waals surface area contributed by atoms with Gasteiger partial charge in [-0.05, 0) is 50.4 Å². The van der Waals surface area contributed by atoms with E-state index < -0.39 is 5.54 Å². The lowest BCUT2D eigenvalue weighted by atomic mass is 9.81. The third-order valence-electron chi connectivity index (χ3n) is 4.80. The molecule has 18 heavy (non-hydrogen) atoms.